The number of fused-ring (bicyclic) bond motifs is 1. The first-order valence-electron chi connectivity index (χ1n) is 9.19. The summed E-state index contributed by atoms with van der Waals surface area (Å²) in [5, 5.41) is 6.41. The zero-order valence-electron chi connectivity index (χ0n) is 15.3. The number of nitrogens with one attached hydrogen (secondary N) is 2. The first kappa shape index (κ1) is 19.5. The Hall–Kier alpha value is -2.29. The lowest BCUT2D eigenvalue weighted by Gasteiger charge is -2.19. The molecule has 1 aliphatic heterocycles. The van der Waals surface area contributed by atoms with E-state index in [1.165, 1.54) is 4.90 Å². The minimum atomic E-state index is -4.15. The zero-order chi connectivity index (χ0) is 19.3. The van der Waals surface area contributed by atoms with Gasteiger partial charge in [-0.3, -0.25) is 9.89 Å². The van der Waals surface area contributed by atoms with Crippen LogP contribution in [0.5, 0.6) is 0 Å². The summed E-state index contributed by atoms with van der Waals surface area (Å²) in [6, 6.07) is 5.82. The Morgan fingerprint density at radius 1 is 1.37 bits per heavy atom. The first-order chi connectivity index (χ1) is 12.9. The molecule has 0 bridgehead atoms. The van der Waals surface area contributed by atoms with Crippen LogP contribution in [0.1, 0.15) is 19.0 Å². The molecule has 1 fully saturated rings. The predicted octanol–water partition coefficient (Wildman–Crippen LogP) is 2.07. The topological polar surface area (TPSA) is 57.0 Å². The molecule has 1 atom stereocenters. The number of pyridine rings is 1. The van der Waals surface area contributed by atoms with Gasteiger partial charge in [-0.1, -0.05) is 6.07 Å². The van der Waals surface area contributed by atoms with E-state index >= 15 is 0 Å². The SMILES string of the molecule is CCNC(=NCCc1cn2ccccc2n1)NC1CCN(CC(F)(F)F)C1. The van der Waals surface area contributed by atoms with Gasteiger partial charge in [0.15, 0.2) is 5.96 Å². The number of alkyl halides is 3. The van der Waals surface area contributed by atoms with Crippen molar-refractivity contribution in [2.45, 2.75) is 32.0 Å². The third kappa shape index (κ3) is 5.85. The fourth-order valence-electron chi connectivity index (χ4n) is 3.25. The van der Waals surface area contributed by atoms with Crippen molar-refractivity contribution < 1.29 is 13.2 Å². The fourth-order valence-corrected chi connectivity index (χ4v) is 3.25. The van der Waals surface area contributed by atoms with E-state index in [4.69, 9.17) is 0 Å². The number of nitrogens with zero attached hydrogens (tertiary/aromatic N) is 4. The molecule has 0 saturated carbocycles. The zero-order valence-corrected chi connectivity index (χ0v) is 15.3. The molecule has 2 N–H and O–H groups in total. The second-order valence-corrected chi connectivity index (χ2v) is 6.69. The van der Waals surface area contributed by atoms with Crippen LogP contribution in [0.15, 0.2) is 35.6 Å². The number of halogens is 3. The van der Waals surface area contributed by atoms with Gasteiger partial charge in [-0.2, -0.15) is 13.2 Å². The van der Waals surface area contributed by atoms with Crippen LogP contribution in [0.2, 0.25) is 0 Å². The number of hydrogen-bond acceptors (Lipinski definition) is 3. The molecule has 1 saturated heterocycles. The van der Waals surface area contributed by atoms with Gasteiger partial charge in [0.1, 0.15) is 5.65 Å². The number of aromatic nitrogens is 2. The van der Waals surface area contributed by atoms with Crippen molar-refractivity contribution in [3.63, 3.8) is 0 Å². The molecule has 1 unspecified atom stereocenters. The Kier molecular flexibility index (Phi) is 6.20. The van der Waals surface area contributed by atoms with Crippen molar-refractivity contribution in [1.82, 2.24) is 24.9 Å². The molecule has 0 aromatic carbocycles. The van der Waals surface area contributed by atoms with Gasteiger partial charge in [0.05, 0.1) is 12.2 Å². The Morgan fingerprint density at radius 2 is 2.22 bits per heavy atom. The van der Waals surface area contributed by atoms with Gasteiger partial charge in [-0.25, -0.2) is 4.98 Å². The number of guanidine groups is 1. The highest BCUT2D eigenvalue weighted by molar-refractivity contribution is 5.80. The molecular formula is C18H25F3N6. The van der Waals surface area contributed by atoms with Crippen molar-refractivity contribution in [2.24, 2.45) is 4.99 Å². The van der Waals surface area contributed by atoms with Crippen LogP contribution < -0.4 is 10.6 Å². The van der Waals surface area contributed by atoms with Gasteiger partial charge in [-0.15, -0.1) is 0 Å². The average molecular weight is 382 g/mol. The van der Waals surface area contributed by atoms with Gasteiger partial charge in [0, 0.05) is 51.0 Å². The highest BCUT2D eigenvalue weighted by Gasteiger charge is 2.34. The smallest absolute Gasteiger partial charge is 0.357 e. The van der Waals surface area contributed by atoms with E-state index < -0.39 is 12.7 Å². The minimum Gasteiger partial charge on any atom is -0.357 e. The molecule has 0 spiro atoms. The van der Waals surface area contributed by atoms with E-state index in [0.29, 0.717) is 45.0 Å². The second-order valence-electron chi connectivity index (χ2n) is 6.69. The van der Waals surface area contributed by atoms with E-state index in [1.54, 1.807) is 0 Å². The van der Waals surface area contributed by atoms with Gasteiger partial charge >= 0.3 is 6.18 Å². The van der Waals surface area contributed by atoms with E-state index in [1.807, 2.05) is 41.9 Å². The van der Waals surface area contributed by atoms with E-state index in [2.05, 4.69) is 20.6 Å². The van der Waals surface area contributed by atoms with E-state index in [9.17, 15) is 13.2 Å². The van der Waals surface area contributed by atoms with Gasteiger partial charge in [0.25, 0.3) is 0 Å². The molecule has 9 heteroatoms. The van der Waals surface area contributed by atoms with Crippen molar-refractivity contribution in [3.05, 3.63) is 36.3 Å². The van der Waals surface area contributed by atoms with Gasteiger partial charge in [0.2, 0.25) is 0 Å². The standard InChI is InChI=1S/C18H25F3N6/c1-2-22-17(25-15-7-10-26(11-15)13-18(19,20)21)23-8-6-14-12-27-9-4-3-5-16(27)24-14/h3-5,9,12,15H,2,6-8,10-11,13H2,1H3,(H2,22,23,25). The molecule has 1 aliphatic rings. The number of likely N-dealkylation sites (tertiary alicyclic amines) is 1. The molecule has 0 radical (unpaired) electrons. The molecule has 2 aromatic rings. The molecular weight excluding hydrogens is 357 g/mol. The van der Waals surface area contributed by atoms with Crippen molar-refractivity contribution in [2.75, 3.05) is 32.7 Å². The largest absolute Gasteiger partial charge is 0.401 e. The molecule has 0 amide bonds. The summed E-state index contributed by atoms with van der Waals surface area (Å²) in [4.78, 5) is 10.5. The predicted molar refractivity (Wildman–Crippen MR) is 98.9 cm³/mol. The van der Waals surface area contributed by atoms with Gasteiger partial charge < -0.3 is 15.0 Å². The van der Waals surface area contributed by atoms with Gasteiger partial charge in [-0.05, 0) is 25.5 Å². The Morgan fingerprint density at radius 3 is 2.96 bits per heavy atom. The molecule has 148 valence electrons. The number of hydrogen-bond donors (Lipinski definition) is 2. The monoisotopic (exact) mass is 382 g/mol. The number of rotatable bonds is 6. The van der Waals surface area contributed by atoms with E-state index in [-0.39, 0.29) is 6.04 Å². The van der Waals surface area contributed by atoms with Crippen LogP contribution in [0.3, 0.4) is 0 Å². The van der Waals surface area contributed by atoms with Crippen LogP contribution in [-0.2, 0) is 6.42 Å². The summed E-state index contributed by atoms with van der Waals surface area (Å²) < 4.78 is 39.5. The van der Waals surface area contributed by atoms with Crippen LogP contribution in [0.25, 0.3) is 5.65 Å². The molecule has 6 nitrogen and oxygen atoms in total. The van der Waals surface area contributed by atoms with Crippen molar-refractivity contribution in [3.8, 4) is 0 Å². The molecule has 3 rings (SSSR count). The normalized spacial score (nSPS) is 19.0. The lowest BCUT2D eigenvalue weighted by Crippen LogP contribution is -2.45. The summed E-state index contributed by atoms with van der Waals surface area (Å²) in [5.41, 5.74) is 1.86. The maximum absolute atomic E-state index is 12.5. The summed E-state index contributed by atoms with van der Waals surface area (Å²) >= 11 is 0. The average Bonchev–Trinajstić information content (AvgIpc) is 3.19. The molecule has 3 heterocycles. The lowest BCUT2D eigenvalue weighted by molar-refractivity contribution is -0.143. The summed E-state index contributed by atoms with van der Waals surface area (Å²) in [5.74, 6) is 0.639. The van der Waals surface area contributed by atoms with Crippen LogP contribution in [0, 0.1) is 0 Å². The summed E-state index contributed by atoms with van der Waals surface area (Å²) in [6.07, 6.45) is 1.16. The molecule has 0 aliphatic carbocycles. The molecule has 2 aromatic heterocycles. The summed E-state index contributed by atoms with van der Waals surface area (Å²) in [6.45, 7) is 3.17. The maximum Gasteiger partial charge on any atom is 0.401 e. The Bertz CT molecular complexity index is 737. The molecule has 27 heavy (non-hydrogen) atoms. The fraction of sp³-hybridized carbons (Fsp3) is 0.556. The Labute approximate surface area is 156 Å². The van der Waals surface area contributed by atoms with Crippen LogP contribution in [0.4, 0.5) is 13.2 Å². The van der Waals surface area contributed by atoms with Crippen LogP contribution in [-0.4, -0.2) is 65.2 Å². The summed E-state index contributed by atoms with van der Waals surface area (Å²) in [7, 11) is 0. The third-order valence-corrected chi connectivity index (χ3v) is 4.41. The second kappa shape index (κ2) is 8.60. The van der Waals surface area contributed by atoms with Crippen molar-refractivity contribution in [1.29, 1.82) is 0 Å². The quantitative estimate of drug-likeness (QED) is 0.593. The third-order valence-electron chi connectivity index (χ3n) is 4.41. The number of imidazole rings is 1. The lowest BCUT2D eigenvalue weighted by atomic mass is 10.3. The number of aliphatic imine (C=N–C) groups is 1. The highest BCUT2D eigenvalue weighted by atomic mass is 19.4. The Balaban J connectivity index is 1.52. The van der Waals surface area contributed by atoms with E-state index in [0.717, 1.165) is 11.3 Å². The van der Waals surface area contributed by atoms with Crippen molar-refractivity contribution >= 4 is 11.6 Å². The van der Waals surface area contributed by atoms with Crippen LogP contribution >= 0.6 is 0 Å². The maximum atomic E-state index is 12.5. The highest BCUT2D eigenvalue weighted by Crippen LogP contribution is 2.19. The minimum absolute atomic E-state index is 0.0275. The first-order valence-corrected chi connectivity index (χ1v) is 9.19.